The molecular formula is C8H10BrClN2. The minimum absolute atomic E-state index is 0.0255. The number of hydrogen-bond acceptors (Lipinski definition) is 2. The van der Waals surface area contributed by atoms with Gasteiger partial charge in [-0.05, 0) is 28.4 Å². The second-order valence-electron chi connectivity index (χ2n) is 2.55. The number of rotatable bonds is 2. The van der Waals surface area contributed by atoms with E-state index in [4.69, 9.17) is 17.3 Å². The smallest absolute Gasteiger partial charge is 0.133 e. The van der Waals surface area contributed by atoms with Gasteiger partial charge in [-0.25, -0.2) is 4.98 Å². The molecule has 0 aliphatic rings. The minimum Gasteiger partial charge on any atom is -0.324 e. The zero-order valence-corrected chi connectivity index (χ0v) is 9.06. The molecule has 0 radical (unpaired) electrons. The molecule has 1 unspecified atom stereocenters. The highest BCUT2D eigenvalue weighted by Crippen LogP contribution is 2.24. The first-order valence-electron chi connectivity index (χ1n) is 3.71. The molecule has 0 bridgehead atoms. The van der Waals surface area contributed by atoms with E-state index in [2.05, 4.69) is 20.9 Å². The van der Waals surface area contributed by atoms with Crippen molar-refractivity contribution in [3.8, 4) is 0 Å². The van der Waals surface area contributed by atoms with Crippen LogP contribution in [-0.2, 0) is 0 Å². The maximum absolute atomic E-state index is 5.86. The van der Waals surface area contributed by atoms with Crippen molar-refractivity contribution in [2.45, 2.75) is 19.4 Å². The Kier molecular flexibility index (Phi) is 3.50. The lowest BCUT2D eigenvalue weighted by atomic mass is 10.1. The monoisotopic (exact) mass is 248 g/mol. The van der Waals surface area contributed by atoms with Gasteiger partial charge in [0.05, 0.1) is 0 Å². The number of hydrogen-bond donors (Lipinski definition) is 1. The summed E-state index contributed by atoms with van der Waals surface area (Å²) in [5, 5.41) is 0.493. The lowest BCUT2D eigenvalue weighted by molar-refractivity contribution is 0.695. The Labute approximate surface area is 85.3 Å². The maximum atomic E-state index is 5.86. The summed E-state index contributed by atoms with van der Waals surface area (Å²) in [6.07, 6.45) is 2.52. The molecule has 1 aromatic heterocycles. The quantitative estimate of drug-likeness (QED) is 0.819. The predicted molar refractivity (Wildman–Crippen MR) is 54.2 cm³/mol. The molecule has 4 heteroatoms. The van der Waals surface area contributed by atoms with Crippen molar-refractivity contribution in [1.29, 1.82) is 0 Å². The second-order valence-corrected chi connectivity index (χ2v) is 3.82. The molecule has 0 aromatic carbocycles. The van der Waals surface area contributed by atoms with Gasteiger partial charge >= 0.3 is 0 Å². The van der Waals surface area contributed by atoms with Crippen LogP contribution in [0, 0.1) is 0 Å². The van der Waals surface area contributed by atoms with E-state index in [1.165, 1.54) is 0 Å². The lowest BCUT2D eigenvalue weighted by Crippen LogP contribution is -2.09. The Bertz CT molecular complexity index is 278. The highest BCUT2D eigenvalue weighted by atomic mass is 79.9. The average Bonchev–Trinajstić information content (AvgIpc) is 2.08. The molecule has 0 aliphatic heterocycles. The van der Waals surface area contributed by atoms with Crippen LogP contribution in [0.15, 0.2) is 16.7 Å². The fraction of sp³-hybridized carbons (Fsp3) is 0.375. The maximum Gasteiger partial charge on any atom is 0.133 e. The molecule has 0 saturated heterocycles. The third-order valence-electron chi connectivity index (χ3n) is 1.67. The van der Waals surface area contributed by atoms with Gasteiger partial charge < -0.3 is 5.73 Å². The van der Waals surface area contributed by atoms with Gasteiger partial charge in [-0.2, -0.15) is 0 Å². The Hall–Kier alpha value is -0.120. The summed E-state index contributed by atoms with van der Waals surface area (Å²) >= 11 is 9.17. The van der Waals surface area contributed by atoms with Gasteiger partial charge in [0.1, 0.15) is 5.15 Å². The molecular weight excluding hydrogens is 239 g/mol. The van der Waals surface area contributed by atoms with Gasteiger partial charge in [0.15, 0.2) is 0 Å². The standard InChI is InChI=1S/C8H10BrClN2/c1-2-7(11)6-3-5(9)4-12-8(6)10/h3-4,7H,2,11H2,1H3. The Morgan fingerprint density at radius 2 is 2.42 bits per heavy atom. The van der Waals surface area contributed by atoms with Gasteiger partial charge in [0.2, 0.25) is 0 Å². The van der Waals surface area contributed by atoms with Crippen LogP contribution in [0.3, 0.4) is 0 Å². The number of pyridine rings is 1. The predicted octanol–water partition coefficient (Wildman–Crippen LogP) is 2.91. The fourth-order valence-corrected chi connectivity index (χ4v) is 1.51. The zero-order chi connectivity index (χ0) is 9.14. The van der Waals surface area contributed by atoms with Crippen LogP contribution in [0.2, 0.25) is 5.15 Å². The van der Waals surface area contributed by atoms with Crippen LogP contribution in [0.1, 0.15) is 24.9 Å². The van der Waals surface area contributed by atoms with E-state index in [0.717, 1.165) is 16.5 Å². The first kappa shape index (κ1) is 9.96. The summed E-state index contributed by atoms with van der Waals surface area (Å²) in [5.74, 6) is 0. The summed E-state index contributed by atoms with van der Waals surface area (Å²) in [6.45, 7) is 2.02. The Morgan fingerprint density at radius 3 is 3.00 bits per heavy atom. The van der Waals surface area contributed by atoms with Crippen molar-refractivity contribution >= 4 is 27.5 Å². The van der Waals surface area contributed by atoms with E-state index >= 15 is 0 Å². The van der Waals surface area contributed by atoms with Crippen molar-refractivity contribution in [1.82, 2.24) is 4.98 Å². The topological polar surface area (TPSA) is 38.9 Å². The number of halogens is 2. The van der Waals surface area contributed by atoms with Crippen LogP contribution in [-0.4, -0.2) is 4.98 Å². The SMILES string of the molecule is CCC(N)c1cc(Br)cnc1Cl. The molecule has 1 heterocycles. The number of nitrogens with zero attached hydrogens (tertiary/aromatic N) is 1. The molecule has 0 saturated carbocycles. The second kappa shape index (κ2) is 4.21. The molecule has 0 aliphatic carbocycles. The van der Waals surface area contributed by atoms with Gasteiger partial charge in [-0.15, -0.1) is 0 Å². The van der Waals surface area contributed by atoms with E-state index in [1.54, 1.807) is 6.20 Å². The molecule has 0 fully saturated rings. The van der Waals surface area contributed by atoms with Crippen LogP contribution < -0.4 is 5.73 Å². The lowest BCUT2D eigenvalue weighted by Gasteiger charge is -2.10. The molecule has 0 amide bonds. The van der Waals surface area contributed by atoms with Crippen molar-refractivity contribution in [2.24, 2.45) is 5.73 Å². The van der Waals surface area contributed by atoms with E-state index in [9.17, 15) is 0 Å². The molecule has 2 nitrogen and oxygen atoms in total. The van der Waals surface area contributed by atoms with Crippen LogP contribution in [0.4, 0.5) is 0 Å². The largest absolute Gasteiger partial charge is 0.324 e. The Morgan fingerprint density at radius 1 is 1.75 bits per heavy atom. The summed E-state index contributed by atoms with van der Waals surface area (Å²) in [5.41, 5.74) is 6.72. The van der Waals surface area contributed by atoms with Crippen molar-refractivity contribution in [3.63, 3.8) is 0 Å². The van der Waals surface area contributed by atoms with E-state index in [1.807, 2.05) is 13.0 Å². The number of nitrogens with two attached hydrogens (primary N) is 1. The van der Waals surface area contributed by atoms with Gasteiger partial charge in [-0.1, -0.05) is 18.5 Å². The highest BCUT2D eigenvalue weighted by Gasteiger charge is 2.09. The molecule has 12 heavy (non-hydrogen) atoms. The third-order valence-corrected chi connectivity index (χ3v) is 2.42. The first-order chi connectivity index (χ1) is 5.65. The zero-order valence-electron chi connectivity index (χ0n) is 6.72. The van der Waals surface area contributed by atoms with Gasteiger partial charge in [-0.3, -0.25) is 0 Å². The summed E-state index contributed by atoms with van der Waals surface area (Å²) in [6, 6.07) is 1.88. The van der Waals surface area contributed by atoms with Crippen molar-refractivity contribution in [2.75, 3.05) is 0 Å². The summed E-state index contributed by atoms with van der Waals surface area (Å²) in [7, 11) is 0. The van der Waals surface area contributed by atoms with E-state index in [0.29, 0.717) is 5.15 Å². The number of aromatic nitrogens is 1. The van der Waals surface area contributed by atoms with E-state index < -0.39 is 0 Å². The minimum atomic E-state index is -0.0255. The molecule has 1 aromatic rings. The summed E-state index contributed by atoms with van der Waals surface area (Å²) < 4.78 is 0.908. The molecule has 2 N–H and O–H groups in total. The van der Waals surface area contributed by atoms with Gasteiger partial charge in [0, 0.05) is 22.3 Å². The fourth-order valence-electron chi connectivity index (χ4n) is 0.918. The van der Waals surface area contributed by atoms with Crippen LogP contribution in [0.5, 0.6) is 0 Å². The molecule has 1 rings (SSSR count). The third kappa shape index (κ3) is 2.19. The van der Waals surface area contributed by atoms with Crippen LogP contribution in [0.25, 0.3) is 0 Å². The first-order valence-corrected chi connectivity index (χ1v) is 4.88. The Balaban J connectivity index is 3.04. The highest BCUT2D eigenvalue weighted by molar-refractivity contribution is 9.10. The molecule has 0 spiro atoms. The van der Waals surface area contributed by atoms with E-state index in [-0.39, 0.29) is 6.04 Å². The van der Waals surface area contributed by atoms with Crippen LogP contribution >= 0.6 is 27.5 Å². The molecule has 66 valence electrons. The molecule has 1 atom stereocenters. The van der Waals surface area contributed by atoms with Crippen molar-refractivity contribution in [3.05, 3.63) is 27.5 Å². The van der Waals surface area contributed by atoms with Gasteiger partial charge in [0.25, 0.3) is 0 Å². The normalized spacial score (nSPS) is 13.0. The summed E-state index contributed by atoms with van der Waals surface area (Å²) in [4.78, 5) is 3.99. The average molecular weight is 250 g/mol. The van der Waals surface area contributed by atoms with Crippen molar-refractivity contribution < 1.29 is 0 Å².